The number of amides is 1. The number of phosphoric acid groups is 1. The molecule has 274 valence electrons. The summed E-state index contributed by atoms with van der Waals surface area (Å²) < 4.78 is 23.4. The van der Waals surface area contributed by atoms with Gasteiger partial charge in [-0.25, -0.2) is 4.57 Å². The summed E-state index contributed by atoms with van der Waals surface area (Å²) in [6.45, 7) is 4.78. The zero-order valence-electron chi connectivity index (χ0n) is 30.8. The Bertz CT molecular complexity index is 773. The van der Waals surface area contributed by atoms with Gasteiger partial charge in [0.25, 0.3) is 0 Å². The molecule has 0 saturated carbocycles. The van der Waals surface area contributed by atoms with Gasteiger partial charge in [0.15, 0.2) is 0 Å². The number of carbonyl (C=O) groups is 1. The highest BCUT2D eigenvalue weighted by Crippen LogP contribution is 2.43. The fourth-order valence-electron chi connectivity index (χ4n) is 5.39. The molecule has 1 unspecified atom stereocenters. The van der Waals surface area contributed by atoms with Crippen molar-refractivity contribution in [2.75, 3.05) is 40.9 Å². The molecular formula is C37H76N2O6P+. The van der Waals surface area contributed by atoms with Crippen LogP contribution in [-0.4, -0.2) is 73.4 Å². The Labute approximate surface area is 284 Å². The highest BCUT2D eigenvalue weighted by molar-refractivity contribution is 7.47. The summed E-state index contributed by atoms with van der Waals surface area (Å²) >= 11 is 0. The number of nitrogens with one attached hydrogen (secondary N) is 1. The van der Waals surface area contributed by atoms with Gasteiger partial charge in [0, 0.05) is 6.42 Å². The second kappa shape index (κ2) is 30.3. The van der Waals surface area contributed by atoms with Crippen LogP contribution in [0.5, 0.6) is 0 Å². The standard InChI is InChI=1S/C37H75N2O6P/c1-6-8-10-12-14-16-18-19-21-23-25-27-29-31-37(41)38-35(34-45-46(42,43)44-33-32-39(3,4)5)36(40)30-28-26-24-22-20-17-15-13-11-9-7-2/h28,30,35-36,40H,6-27,29,31-34H2,1-5H3,(H-,38,41,42,43)/p+1/b30-28-/t35-,36+/m0/s1. The van der Waals surface area contributed by atoms with Gasteiger partial charge in [0.05, 0.1) is 39.9 Å². The predicted molar refractivity (Wildman–Crippen MR) is 194 cm³/mol. The van der Waals surface area contributed by atoms with Gasteiger partial charge in [-0.1, -0.05) is 154 Å². The van der Waals surface area contributed by atoms with Gasteiger partial charge in [0.2, 0.25) is 5.91 Å². The second-order valence-corrected chi connectivity index (χ2v) is 15.8. The number of unbranched alkanes of at least 4 members (excludes halogenated alkanes) is 21. The maximum atomic E-state index is 12.8. The van der Waals surface area contributed by atoms with Crippen molar-refractivity contribution < 1.29 is 32.9 Å². The summed E-state index contributed by atoms with van der Waals surface area (Å²) in [6, 6.07) is -0.837. The first-order chi connectivity index (χ1) is 22.0. The zero-order valence-corrected chi connectivity index (χ0v) is 31.7. The van der Waals surface area contributed by atoms with Crippen molar-refractivity contribution in [3.05, 3.63) is 12.2 Å². The van der Waals surface area contributed by atoms with E-state index in [0.29, 0.717) is 17.4 Å². The van der Waals surface area contributed by atoms with E-state index in [1.165, 1.54) is 109 Å². The number of aliphatic hydroxyl groups is 1. The number of quaternary nitrogens is 1. The van der Waals surface area contributed by atoms with Gasteiger partial charge in [0.1, 0.15) is 13.2 Å². The molecule has 0 aromatic carbocycles. The number of phosphoric ester groups is 1. The third-order valence-electron chi connectivity index (χ3n) is 8.51. The predicted octanol–water partition coefficient (Wildman–Crippen LogP) is 9.63. The Balaban J connectivity index is 4.52. The Morgan fingerprint density at radius 2 is 1.15 bits per heavy atom. The first-order valence-electron chi connectivity index (χ1n) is 19.1. The van der Waals surface area contributed by atoms with Crippen LogP contribution in [0, 0.1) is 0 Å². The van der Waals surface area contributed by atoms with Crippen molar-refractivity contribution in [3.63, 3.8) is 0 Å². The fourth-order valence-corrected chi connectivity index (χ4v) is 6.13. The first kappa shape index (κ1) is 45.2. The number of allylic oxidation sites excluding steroid dienone is 1. The molecule has 46 heavy (non-hydrogen) atoms. The van der Waals surface area contributed by atoms with Crippen LogP contribution in [0.3, 0.4) is 0 Å². The second-order valence-electron chi connectivity index (χ2n) is 14.3. The molecule has 0 aromatic rings. The van der Waals surface area contributed by atoms with Crippen LogP contribution in [0.25, 0.3) is 0 Å². The summed E-state index contributed by atoms with van der Waals surface area (Å²) in [4.78, 5) is 22.9. The number of rotatable bonds is 34. The Morgan fingerprint density at radius 3 is 1.61 bits per heavy atom. The van der Waals surface area contributed by atoms with Gasteiger partial charge in [-0.2, -0.15) is 0 Å². The van der Waals surface area contributed by atoms with E-state index in [4.69, 9.17) is 9.05 Å². The molecule has 0 radical (unpaired) electrons. The van der Waals surface area contributed by atoms with E-state index in [9.17, 15) is 19.4 Å². The zero-order chi connectivity index (χ0) is 34.4. The number of carbonyl (C=O) groups excluding carboxylic acids is 1. The Kier molecular flexibility index (Phi) is 29.8. The molecule has 0 aliphatic heterocycles. The van der Waals surface area contributed by atoms with E-state index in [-0.39, 0.29) is 19.1 Å². The highest BCUT2D eigenvalue weighted by Gasteiger charge is 2.27. The smallest absolute Gasteiger partial charge is 0.387 e. The molecule has 3 atom stereocenters. The number of hydrogen-bond donors (Lipinski definition) is 3. The lowest BCUT2D eigenvalue weighted by Gasteiger charge is -2.25. The summed E-state index contributed by atoms with van der Waals surface area (Å²) in [7, 11) is 1.58. The lowest BCUT2D eigenvalue weighted by Crippen LogP contribution is -2.45. The van der Waals surface area contributed by atoms with Crippen molar-refractivity contribution in [1.29, 1.82) is 0 Å². The van der Waals surface area contributed by atoms with Crippen LogP contribution in [0.2, 0.25) is 0 Å². The van der Waals surface area contributed by atoms with E-state index in [0.717, 1.165) is 38.5 Å². The largest absolute Gasteiger partial charge is 0.472 e. The molecule has 0 aliphatic rings. The third kappa shape index (κ3) is 31.8. The Hall–Kier alpha value is -0.760. The van der Waals surface area contributed by atoms with E-state index >= 15 is 0 Å². The summed E-state index contributed by atoms with van der Waals surface area (Å²) in [5.74, 6) is -0.179. The van der Waals surface area contributed by atoms with Crippen LogP contribution in [0.15, 0.2) is 12.2 Å². The third-order valence-corrected chi connectivity index (χ3v) is 9.49. The van der Waals surface area contributed by atoms with Gasteiger partial charge < -0.3 is 19.8 Å². The topological polar surface area (TPSA) is 105 Å². The SMILES string of the molecule is CCCCCCCCCCC/C=C\[C@@H](O)[C@H](COP(=O)(O)OCC[N+](C)(C)C)NC(=O)CCCCCCCCCCCCCCC. The van der Waals surface area contributed by atoms with E-state index in [2.05, 4.69) is 19.2 Å². The Morgan fingerprint density at radius 1 is 0.717 bits per heavy atom. The monoisotopic (exact) mass is 676 g/mol. The number of likely N-dealkylation sites (N-methyl/N-ethyl adjacent to an activating group) is 1. The first-order valence-corrected chi connectivity index (χ1v) is 20.6. The van der Waals surface area contributed by atoms with Gasteiger partial charge in [-0.15, -0.1) is 0 Å². The minimum absolute atomic E-state index is 0.0640. The van der Waals surface area contributed by atoms with Crippen LogP contribution in [0.4, 0.5) is 0 Å². The molecule has 0 aromatic heterocycles. The van der Waals surface area contributed by atoms with Crippen LogP contribution in [-0.2, 0) is 18.4 Å². The average molecular weight is 676 g/mol. The highest BCUT2D eigenvalue weighted by atomic mass is 31.2. The molecule has 0 heterocycles. The minimum Gasteiger partial charge on any atom is -0.387 e. The van der Waals surface area contributed by atoms with E-state index in [1.54, 1.807) is 6.08 Å². The summed E-state index contributed by atoms with van der Waals surface area (Å²) in [5, 5.41) is 13.7. The molecule has 0 bridgehead atoms. The van der Waals surface area contributed by atoms with Crippen LogP contribution >= 0.6 is 7.82 Å². The van der Waals surface area contributed by atoms with Crippen LogP contribution < -0.4 is 5.32 Å². The maximum Gasteiger partial charge on any atom is 0.472 e. The lowest BCUT2D eigenvalue weighted by atomic mass is 10.0. The molecule has 0 spiro atoms. The van der Waals surface area contributed by atoms with Crippen molar-refractivity contribution >= 4 is 13.7 Å². The minimum atomic E-state index is -4.32. The molecule has 0 rings (SSSR count). The van der Waals surface area contributed by atoms with Gasteiger partial charge in [-0.3, -0.25) is 13.8 Å². The number of hydrogen-bond acceptors (Lipinski definition) is 5. The lowest BCUT2D eigenvalue weighted by molar-refractivity contribution is -0.870. The molecular weight excluding hydrogens is 599 g/mol. The van der Waals surface area contributed by atoms with E-state index in [1.807, 2.05) is 27.2 Å². The molecule has 0 aliphatic carbocycles. The quantitative estimate of drug-likeness (QED) is 0.0272. The summed E-state index contributed by atoms with van der Waals surface area (Å²) in [6.07, 6.45) is 31.2. The fraction of sp³-hybridized carbons (Fsp3) is 0.919. The van der Waals surface area contributed by atoms with Crippen molar-refractivity contribution in [2.24, 2.45) is 0 Å². The molecule has 0 saturated heterocycles. The van der Waals surface area contributed by atoms with E-state index < -0.39 is 20.0 Å². The maximum absolute atomic E-state index is 12.8. The van der Waals surface area contributed by atoms with Crippen molar-refractivity contribution in [3.8, 4) is 0 Å². The van der Waals surface area contributed by atoms with Gasteiger partial charge in [-0.05, 0) is 19.3 Å². The van der Waals surface area contributed by atoms with Crippen molar-refractivity contribution in [1.82, 2.24) is 5.32 Å². The molecule has 3 N–H and O–H groups in total. The van der Waals surface area contributed by atoms with Gasteiger partial charge >= 0.3 is 7.82 Å². The average Bonchev–Trinajstić information content (AvgIpc) is 2.99. The summed E-state index contributed by atoms with van der Waals surface area (Å²) in [5.41, 5.74) is 0. The molecule has 1 amide bonds. The normalized spacial score (nSPS) is 14.8. The van der Waals surface area contributed by atoms with Crippen molar-refractivity contribution in [2.45, 2.75) is 180 Å². The number of aliphatic hydroxyl groups excluding tert-OH is 1. The van der Waals surface area contributed by atoms with Crippen LogP contribution in [0.1, 0.15) is 168 Å². The molecule has 8 nitrogen and oxygen atoms in total. The number of nitrogens with zero attached hydrogens (tertiary/aromatic N) is 1. The molecule has 0 fully saturated rings. The molecule has 9 heteroatoms.